The highest BCUT2D eigenvalue weighted by molar-refractivity contribution is 5.85. The molecule has 0 saturated heterocycles. The molecule has 1 atom stereocenters. The van der Waals surface area contributed by atoms with Crippen molar-refractivity contribution in [1.29, 1.82) is 0 Å². The van der Waals surface area contributed by atoms with E-state index in [1.54, 1.807) is 20.3 Å². The molecule has 3 aromatic carbocycles. The van der Waals surface area contributed by atoms with Crippen LogP contribution in [-0.2, 0) is 27.3 Å². The van der Waals surface area contributed by atoms with Gasteiger partial charge in [0.1, 0.15) is 17.1 Å². The van der Waals surface area contributed by atoms with E-state index in [1.807, 2.05) is 31.2 Å². The summed E-state index contributed by atoms with van der Waals surface area (Å²) < 4.78 is 12.1. The van der Waals surface area contributed by atoms with E-state index in [-0.39, 0.29) is 27.2 Å². The number of methoxy groups -OCH3 is 2. The SMILES string of the molecule is COc1c(C(C)(C)C)cc(C(O)(c2cc(C(C)(C)C)c(OC)c(C(C)(C)C)c2)C(C)N=Cc2cccc([N+](=O)[O-])c2O)cc1C(C)(C)C. The molecule has 0 amide bonds. The largest absolute Gasteiger partial charge is 0.502 e. The lowest BCUT2D eigenvalue weighted by Gasteiger charge is -2.39. The third-order valence-electron chi connectivity index (χ3n) is 8.98. The van der Waals surface area contributed by atoms with Gasteiger partial charge in [-0.25, -0.2) is 0 Å². The minimum Gasteiger partial charge on any atom is -0.502 e. The number of benzene rings is 3. The lowest BCUT2D eigenvalue weighted by Crippen LogP contribution is -2.39. The standard InChI is InChI=1S/C40H56N2O6/c1-24(41-23-25-17-16-18-32(33(25)43)42(45)46)40(44,26-19-28(36(2,3)4)34(47-14)29(20-26)37(5,6)7)27-21-30(38(8,9)10)35(48-15)31(22-27)39(11,12)13/h16-24,43-44H,1-15H3. The number of hydrogen-bond donors (Lipinski definition) is 2. The average molecular weight is 661 g/mol. The first-order valence-electron chi connectivity index (χ1n) is 16.5. The number of nitro groups is 1. The second-order valence-electron chi connectivity index (χ2n) is 16.9. The van der Waals surface area contributed by atoms with Gasteiger partial charge in [-0.2, -0.15) is 0 Å². The Morgan fingerprint density at radius 2 is 1.08 bits per heavy atom. The molecule has 1 unspecified atom stereocenters. The fourth-order valence-corrected chi connectivity index (χ4v) is 6.12. The van der Waals surface area contributed by atoms with Crippen LogP contribution in [0.15, 0.2) is 47.5 Å². The number of phenolic OH excluding ortho intramolecular Hbond substituents is 1. The minimum absolute atomic E-state index is 0.180. The van der Waals surface area contributed by atoms with Gasteiger partial charge in [0, 0.05) is 40.1 Å². The Labute approximate surface area is 287 Å². The maximum Gasteiger partial charge on any atom is 0.311 e. The number of nitro benzene ring substituents is 1. The summed E-state index contributed by atoms with van der Waals surface area (Å²) in [5, 5.41) is 35.7. The topological polar surface area (TPSA) is 114 Å². The summed E-state index contributed by atoms with van der Waals surface area (Å²) >= 11 is 0. The molecular weight excluding hydrogens is 604 g/mol. The van der Waals surface area contributed by atoms with E-state index < -0.39 is 28.0 Å². The molecule has 3 rings (SSSR count). The first-order chi connectivity index (χ1) is 21.8. The molecule has 0 heterocycles. The Balaban J connectivity index is 2.57. The van der Waals surface area contributed by atoms with E-state index in [9.17, 15) is 20.3 Å². The van der Waals surface area contributed by atoms with Gasteiger partial charge in [-0.1, -0.05) is 89.2 Å². The number of rotatable bonds is 8. The Morgan fingerprint density at radius 3 is 1.38 bits per heavy atom. The quantitative estimate of drug-likeness (QED) is 0.141. The fraction of sp³-hybridized carbons (Fsp3) is 0.525. The van der Waals surface area contributed by atoms with E-state index in [0.717, 1.165) is 33.8 Å². The molecule has 2 N–H and O–H groups in total. The molecular formula is C40H56N2O6. The Morgan fingerprint density at radius 1 is 0.729 bits per heavy atom. The van der Waals surface area contributed by atoms with Crippen LogP contribution in [0.1, 0.15) is 129 Å². The maximum atomic E-state index is 13.4. The number of phenols is 1. The molecule has 0 aliphatic rings. The predicted molar refractivity (Wildman–Crippen MR) is 196 cm³/mol. The summed E-state index contributed by atoms with van der Waals surface area (Å²) in [6, 6.07) is 11.5. The third-order valence-corrected chi connectivity index (χ3v) is 8.98. The smallest absolute Gasteiger partial charge is 0.311 e. The Bertz CT molecular complexity index is 1540. The number of aliphatic imine (C=N–C) groups is 1. The minimum atomic E-state index is -1.70. The molecule has 0 saturated carbocycles. The van der Waals surface area contributed by atoms with Crippen molar-refractivity contribution >= 4 is 11.9 Å². The van der Waals surface area contributed by atoms with E-state index in [0.29, 0.717) is 11.1 Å². The number of hydrogen-bond acceptors (Lipinski definition) is 7. The molecule has 3 aromatic rings. The maximum absolute atomic E-state index is 13.4. The van der Waals surface area contributed by atoms with Crippen molar-refractivity contribution in [3.63, 3.8) is 0 Å². The van der Waals surface area contributed by atoms with Crippen LogP contribution in [0.4, 0.5) is 5.69 Å². The van der Waals surface area contributed by atoms with Gasteiger partial charge < -0.3 is 19.7 Å². The second-order valence-corrected chi connectivity index (χ2v) is 16.9. The van der Waals surface area contributed by atoms with Gasteiger partial charge in [0.05, 0.1) is 25.2 Å². The number of aliphatic hydroxyl groups is 1. The average Bonchev–Trinajstić information content (AvgIpc) is 2.96. The number of nitrogens with zero attached hydrogens (tertiary/aromatic N) is 2. The zero-order valence-corrected chi connectivity index (χ0v) is 31.6. The molecule has 0 aliphatic heterocycles. The summed E-state index contributed by atoms with van der Waals surface area (Å²) in [6.45, 7) is 27.3. The lowest BCUT2D eigenvalue weighted by atomic mass is 9.71. The van der Waals surface area contributed by atoms with Gasteiger partial charge >= 0.3 is 5.69 Å². The van der Waals surface area contributed by atoms with Crippen LogP contribution >= 0.6 is 0 Å². The summed E-state index contributed by atoms with van der Waals surface area (Å²) in [5.41, 5.74) is 1.76. The van der Waals surface area contributed by atoms with Crippen molar-refractivity contribution in [3.05, 3.63) is 91.5 Å². The number of para-hydroxylation sites is 1. The molecule has 0 aliphatic carbocycles. The number of aromatic hydroxyl groups is 1. The Hall–Kier alpha value is -3.91. The van der Waals surface area contributed by atoms with Crippen LogP contribution in [-0.4, -0.2) is 41.6 Å². The van der Waals surface area contributed by atoms with Crippen molar-refractivity contribution in [3.8, 4) is 17.2 Å². The van der Waals surface area contributed by atoms with Crippen molar-refractivity contribution in [2.45, 2.75) is 123 Å². The van der Waals surface area contributed by atoms with Gasteiger partial charge in [0.25, 0.3) is 0 Å². The van der Waals surface area contributed by atoms with Crippen LogP contribution in [0.25, 0.3) is 0 Å². The zero-order chi connectivity index (χ0) is 36.8. The van der Waals surface area contributed by atoms with E-state index in [1.165, 1.54) is 18.3 Å². The summed E-state index contributed by atoms with van der Waals surface area (Å²) in [6.07, 6.45) is 1.40. The first-order valence-corrected chi connectivity index (χ1v) is 16.5. The highest BCUT2D eigenvalue weighted by Crippen LogP contribution is 2.48. The second kappa shape index (κ2) is 13.2. The molecule has 0 radical (unpaired) electrons. The van der Waals surface area contributed by atoms with Crippen LogP contribution in [0.3, 0.4) is 0 Å². The summed E-state index contributed by atoms with van der Waals surface area (Å²) in [4.78, 5) is 15.7. The van der Waals surface area contributed by atoms with Crippen molar-refractivity contribution < 1.29 is 24.6 Å². The summed E-state index contributed by atoms with van der Waals surface area (Å²) in [7, 11) is 3.36. The van der Waals surface area contributed by atoms with Gasteiger partial charge in [-0.3, -0.25) is 15.1 Å². The van der Waals surface area contributed by atoms with Crippen molar-refractivity contribution in [2.75, 3.05) is 14.2 Å². The molecule has 48 heavy (non-hydrogen) atoms. The third kappa shape index (κ3) is 7.54. The lowest BCUT2D eigenvalue weighted by molar-refractivity contribution is -0.385. The molecule has 8 heteroatoms. The van der Waals surface area contributed by atoms with Crippen molar-refractivity contribution in [1.82, 2.24) is 0 Å². The molecule has 0 aromatic heterocycles. The van der Waals surface area contributed by atoms with Gasteiger partial charge in [0.15, 0.2) is 0 Å². The first kappa shape index (κ1) is 38.5. The molecule has 0 bridgehead atoms. The highest BCUT2D eigenvalue weighted by atomic mass is 16.6. The van der Waals surface area contributed by atoms with E-state index in [2.05, 4.69) is 83.1 Å². The van der Waals surface area contributed by atoms with Crippen LogP contribution in [0.2, 0.25) is 0 Å². The molecule has 0 spiro atoms. The van der Waals surface area contributed by atoms with E-state index >= 15 is 0 Å². The summed E-state index contributed by atoms with van der Waals surface area (Å²) in [5.74, 6) is 1.07. The molecule has 0 fully saturated rings. The van der Waals surface area contributed by atoms with Gasteiger partial charge in [-0.15, -0.1) is 0 Å². The van der Waals surface area contributed by atoms with Crippen LogP contribution in [0, 0.1) is 10.1 Å². The Kier molecular flexibility index (Phi) is 10.6. The monoisotopic (exact) mass is 660 g/mol. The van der Waals surface area contributed by atoms with Crippen molar-refractivity contribution in [2.24, 2.45) is 4.99 Å². The molecule has 262 valence electrons. The number of ether oxygens (including phenoxy) is 2. The normalized spacial score (nSPS) is 13.9. The fourth-order valence-electron chi connectivity index (χ4n) is 6.12. The zero-order valence-electron chi connectivity index (χ0n) is 31.6. The molecule has 8 nitrogen and oxygen atoms in total. The van der Waals surface area contributed by atoms with Gasteiger partial charge in [-0.05, 0) is 70.0 Å². The highest BCUT2D eigenvalue weighted by Gasteiger charge is 2.43. The van der Waals surface area contributed by atoms with E-state index in [4.69, 9.17) is 14.5 Å². The van der Waals surface area contributed by atoms with Crippen LogP contribution in [0.5, 0.6) is 17.2 Å². The van der Waals surface area contributed by atoms with Crippen LogP contribution < -0.4 is 9.47 Å². The van der Waals surface area contributed by atoms with Gasteiger partial charge in [0.2, 0.25) is 5.75 Å². The predicted octanol–water partition coefficient (Wildman–Crippen LogP) is 9.25.